The molecule has 0 heterocycles. The Kier molecular flexibility index (Phi) is 3.47. The van der Waals surface area contributed by atoms with E-state index in [2.05, 4.69) is 24.3 Å². The molecule has 14 heavy (non-hydrogen) atoms. The Bertz CT molecular complexity index is 262. The average Bonchev–Trinajstić information content (AvgIpc) is 2.30. The molecule has 1 atom stereocenters. The van der Waals surface area contributed by atoms with Crippen LogP contribution in [0.4, 0.5) is 0 Å². The third kappa shape index (κ3) is 2.30. The molecule has 0 spiro atoms. The highest BCUT2D eigenvalue weighted by atomic mass is 35.5. The van der Waals surface area contributed by atoms with Crippen molar-refractivity contribution in [3.05, 3.63) is 35.9 Å². The van der Waals surface area contributed by atoms with Gasteiger partial charge in [-0.3, -0.25) is 0 Å². The first-order chi connectivity index (χ1) is 6.88. The van der Waals surface area contributed by atoms with Gasteiger partial charge in [0.25, 0.3) is 0 Å². The minimum absolute atomic E-state index is 0.233. The molecule has 0 saturated heterocycles. The predicted octanol–water partition coefficient (Wildman–Crippen LogP) is 4.55. The van der Waals surface area contributed by atoms with E-state index in [1.165, 1.54) is 37.7 Å². The predicted molar refractivity (Wildman–Crippen MR) is 61.6 cm³/mol. The molecule has 1 aromatic carbocycles. The standard InChI is InChI=1S/C13H17Cl/c14-13(11-7-3-1-4-8-11)12-9-5-2-6-10-12/h1,3-4,7-8,12-13H,2,5-6,9-10H2/t13-/m1/s1. The summed E-state index contributed by atoms with van der Waals surface area (Å²) >= 11 is 6.49. The van der Waals surface area contributed by atoms with Crippen molar-refractivity contribution in [1.29, 1.82) is 0 Å². The van der Waals surface area contributed by atoms with Gasteiger partial charge in [-0.15, -0.1) is 11.6 Å². The lowest BCUT2D eigenvalue weighted by atomic mass is 9.84. The van der Waals surface area contributed by atoms with E-state index in [1.807, 2.05) is 6.07 Å². The highest BCUT2D eigenvalue weighted by Gasteiger charge is 2.22. The first-order valence-electron chi connectivity index (χ1n) is 5.57. The van der Waals surface area contributed by atoms with Gasteiger partial charge in [-0.25, -0.2) is 0 Å². The van der Waals surface area contributed by atoms with Crippen molar-refractivity contribution in [3.63, 3.8) is 0 Å². The molecule has 0 aliphatic heterocycles. The summed E-state index contributed by atoms with van der Waals surface area (Å²) in [6.07, 6.45) is 6.74. The summed E-state index contributed by atoms with van der Waals surface area (Å²) < 4.78 is 0. The van der Waals surface area contributed by atoms with Crippen LogP contribution in [0.15, 0.2) is 30.3 Å². The summed E-state index contributed by atoms with van der Waals surface area (Å²) in [5.74, 6) is 0.702. The maximum Gasteiger partial charge on any atom is 0.0613 e. The fourth-order valence-corrected chi connectivity index (χ4v) is 2.73. The van der Waals surface area contributed by atoms with Gasteiger partial charge >= 0.3 is 0 Å². The number of rotatable bonds is 2. The largest absolute Gasteiger partial charge is 0.118 e. The zero-order valence-electron chi connectivity index (χ0n) is 8.45. The van der Waals surface area contributed by atoms with Gasteiger partial charge in [-0.05, 0) is 24.3 Å². The first kappa shape index (κ1) is 10.0. The maximum atomic E-state index is 6.49. The quantitative estimate of drug-likeness (QED) is 0.626. The molecule has 0 N–H and O–H groups in total. The van der Waals surface area contributed by atoms with Crippen LogP contribution in [0, 0.1) is 5.92 Å². The third-order valence-corrected chi connectivity index (χ3v) is 3.79. The molecule has 1 fully saturated rings. The molecule has 0 bridgehead atoms. The van der Waals surface area contributed by atoms with Gasteiger partial charge in [-0.1, -0.05) is 49.6 Å². The summed E-state index contributed by atoms with van der Waals surface area (Å²) in [4.78, 5) is 0. The highest BCUT2D eigenvalue weighted by molar-refractivity contribution is 6.21. The second kappa shape index (κ2) is 4.84. The van der Waals surface area contributed by atoms with E-state index >= 15 is 0 Å². The van der Waals surface area contributed by atoms with E-state index in [4.69, 9.17) is 11.6 Å². The molecule has 1 aromatic rings. The van der Waals surface area contributed by atoms with Crippen molar-refractivity contribution in [2.75, 3.05) is 0 Å². The molecular weight excluding hydrogens is 192 g/mol. The Morgan fingerprint density at radius 1 is 1.00 bits per heavy atom. The van der Waals surface area contributed by atoms with Crippen molar-refractivity contribution >= 4 is 11.6 Å². The van der Waals surface area contributed by atoms with Crippen LogP contribution >= 0.6 is 11.6 Å². The minimum atomic E-state index is 0.233. The zero-order valence-corrected chi connectivity index (χ0v) is 9.21. The summed E-state index contributed by atoms with van der Waals surface area (Å²) in [7, 11) is 0. The Morgan fingerprint density at radius 2 is 1.64 bits per heavy atom. The molecule has 1 heteroatoms. The van der Waals surface area contributed by atoms with E-state index in [1.54, 1.807) is 0 Å². The summed E-state index contributed by atoms with van der Waals surface area (Å²) in [5, 5.41) is 0.233. The molecule has 0 unspecified atom stereocenters. The topological polar surface area (TPSA) is 0 Å². The Labute approximate surface area is 91.3 Å². The van der Waals surface area contributed by atoms with Gasteiger partial charge in [0.1, 0.15) is 0 Å². The van der Waals surface area contributed by atoms with Crippen LogP contribution < -0.4 is 0 Å². The number of hydrogen-bond acceptors (Lipinski definition) is 0. The van der Waals surface area contributed by atoms with Crippen LogP contribution in [0.1, 0.15) is 43.0 Å². The molecule has 76 valence electrons. The number of benzene rings is 1. The molecule has 2 rings (SSSR count). The zero-order chi connectivity index (χ0) is 9.80. The second-order valence-electron chi connectivity index (χ2n) is 4.21. The molecule has 0 radical (unpaired) electrons. The Balaban J connectivity index is 2.03. The highest BCUT2D eigenvalue weighted by Crippen LogP contribution is 2.38. The molecule has 0 amide bonds. The molecule has 1 saturated carbocycles. The Morgan fingerprint density at radius 3 is 2.29 bits per heavy atom. The van der Waals surface area contributed by atoms with Crippen LogP contribution in [-0.2, 0) is 0 Å². The van der Waals surface area contributed by atoms with Gasteiger partial charge in [-0.2, -0.15) is 0 Å². The molecule has 1 aliphatic rings. The van der Waals surface area contributed by atoms with Crippen molar-refractivity contribution in [2.24, 2.45) is 5.92 Å². The smallest absolute Gasteiger partial charge is 0.0613 e. The lowest BCUT2D eigenvalue weighted by molar-refractivity contribution is 0.348. The summed E-state index contributed by atoms with van der Waals surface area (Å²) in [6.45, 7) is 0. The van der Waals surface area contributed by atoms with E-state index < -0.39 is 0 Å². The van der Waals surface area contributed by atoms with Crippen molar-refractivity contribution in [3.8, 4) is 0 Å². The summed E-state index contributed by atoms with van der Waals surface area (Å²) in [5.41, 5.74) is 1.29. The normalized spacial score (nSPS) is 20.6. The SMILES string of the molecule is Cl[C@H](c1ccccc1)C1CCCCC1. The van der Waals surface area contributed by atoms with Gasteiger partial charge < -0.3 is 0 Å². The van der Waals surface area contributed by atoms with Gasteiger partial charge in [0.2, 0.25) is 0 Å². The Hall–Kier alpha value is -0.490. The van der Waals surface area contributed by atoms with Gasteiger partial charge in [0, 0.05) is 0 Å². The number of alkyl halides is 1. The number of halogens is 1. The van der Waals surface area contributed by atoms with Gasteiger partial charge in [0.15, 0.2) is 0 Å². The molecule has 0 nitrogen and oxygen atoms in total. The van der Waals surface area contributed by atoms with Crippen LogP contribution in [0.2, 0.25) is 0 Å². The molecule has 0 aromatic heterocycles. The second-order valence-corrected chi connectivity index (χ2v) is 4.68. The summed E-state index contributed by atoms with van der Waals surface area (Å²) in [6, 6.07) is 10.5. The van der Waals surface area contributed by atoms with E-state index in [0.717, 1.165) is 0 Å². The maximum absolute atomic E-state index is 6.49. The van der Waals surface area contributed by atoms with Crippen LogP contribution in [0.3, 0.4) is 0 Å². The lowest BCUT2D eigenvalue weighted by Gasteiger charge is -2.26. The lowest BCUT2D eigenvalue weighted by Crippen LogP contribution is -2.12. The molecular formula is C13H17Cl. The fourth-order valence-electron chi connectivity index (χ4n) is 2.34. The monoisotopic (exact) mass is 208 g/mol. The average molecular weight is 209 g/mol. The minimum Gasteiger partial charge on any atom is -0.118 e. The van der Waals surface area contributed by atoms with Crippen molar-refractivity contribution < 1.29 is 0 Å². The van der Waals surface area contributed by atoms with E-state index in [-0.39, 0.29) is 5.38 Å². The van der Waals surface area contributed by atoms with Crippen molar-refractivity contribution in [1.82, 2.24) is 0 Å². The van der Waals surface area contributed by atoms with Crippen LogP contribution in [0.5, 0.6) is 0 Å². The van der Waals surface area contributed by atoms with Crippen LogP contribution in [-0.4, -0.2) is 0 Å². The molecule has 1 aliphatic carbocycles. The van der Waals surface area contributed by atoms with E-state index in [0.29, 0.717) is 5.92 Å². The number of hydrogen-bond donors (Lipinski definition) is 0. The van der Waals surface area contributed by atoms with E-state index in [9.17, 15) is 0 Å². The van der Waals surface area contributed by atoms with Gasteiger partial charge in [0.05, 0.1) is 5.38 Å². The third-order valence-electron chi connectivity index (χ3n) is 3.18. The fraction of sp³-hybridized carbons (Fsp3) is 0.538. The van der Waals surface area contributed by atoms with Crippen LogP contribution in [0.25, 0.3) is 0 Å². The van der Waals surface area contributed by atoms with Crippen molar-refractivity contribution in [2.45, 2.75) is 37.5 Å². The first-order valence-corrected chi connectivity index (χ1v) is 6.00.